The Labute approximate surface area is 259 Å². The van der Waals surface area contributed by atoms with Gasteiger partial charge in [0.15, 0.2) is 16.6 Å². The number of amides is 1. The average Bonchev–Trinajstić information content (AvgIpc) is 3.21. The average molecular weight is 636 g/mol. The van der Waals surface area contributed by atoms with Gasteiger partial charge in [-0.05, 0) is 80.0 Å². The van der Waals surface area contributed by atoms with E-state index in [1.807, 2.05) is 44.2 Å². The van der Waals surface area contributed by atoms with Crippen molar-refractivity contribution in [3.8, 4) is 23.0 Å². The summed E-state index contributed by atoms with van der Waals surface area (Å²) in [6.07, 6.45) is 2.34. The number of carbonyl (C=O) groups is 1. The molecule has 0 spiro atoms. The number of hydrogen-bond donors (Lipinski definition) is 1. The van der Waals surface area contributed by atoms with E-state index in [1.165, 1.54) is 6.07 Å². The Kier molecular flexibility index (Phi) is 10.6. The van der Waals surface area contributed by atoms with Gasteiger partial charge in [-0.25, -0.2) is 0 Å². The van der Waals surface area contributed by atoms with Crippen molar-refractivity contribution in [3.63, 3.8) is 0 Å². The number of ether oxygens (including phenoxy) is 4. The van der Waals surface area contributed by atoms with Crippen LogP contribution in [0.3, 0.4) is 0 Å². The highest BCUT2D eigenvalue weighted by molar-refractivity contribution is 7.80. The molecule has 1 heterocycles. The van der Waals surface area contributed by atoms with Crippen LogP contribution in [-0.2, 0) is 17.8 Å². The van der Waals surface area contributed by atoms with Crippen molar-refractivity contribution < 1.29 is 23.7 Å². The fourth-order valence-corrected chi connectivity index (χ4v) is 5.08. The Bertz CT molecular complexity index is 1480. The standard InChI is InChI=1S/C30H29Cl3N2O5S/c1-4-38-26-9-6-18(14-28(26)39-5-2)10-11-35-29(36)24(34-30(35)41)13-19-7-8-25(37-3)20(12-19)17-40-27-16-22(32)21(31)15-23(27)33/h6-9,12-16H,4-5,10-11,17H2,1-3H3,(H,34,41)/b24-13+. The molecule has 3 aromatic rings. The van der Waals surface area contributed by atoms with Crippen LogP contribution in [0.15, 0.2) is 54.2 Å². The van der Waals surface area contributed by atoms with Crippen LogP contribution in [0, 0.1) is 0 Å². The fraction of sp³-hybridized carbons (Fsp3) is 0.267. The first-order chi connectivity index (χ1) is 19.7. The van der Waals surface area contributed by atoms with Gasteiger partial charge in [0.2, 0.25) is 0 Å². The summed E-state index contributed by atoms with van der Waals surface area (Å²) in [6, 6.07) is 14.4. The summed E-state index contributed by atoms with van der Waals surface area (Å²) in [7, 11) is 1.57. The Morgan fingerprint density at radius 2 is 1.56 bits per heavy atom. The number of halogens is 3. The zero-order valence-corrected chi connectivity index (χ0v) is 25.8. The topological polar surface area (TPSA) is 69.3 Å². The number of benzene rings is 3. The molecule has 11 heteroatoms. The Morgan fingerprint density at radius 1 is 0.854 bits per heavy atom. The van der Waals surface area contributed by atoms with E-state index in [1.54, 1.807) is 30.2 Å². The molecular weight excluding hydrogens is 607 g/mol. The van der Waals surface area contributed by atoms with E-state index in [-0.39, 0.29) is 12.5 Å². The van der Waals surface area contributed by atoms with Crippen LogP contribution in [0.25, 0.3) is 6.08 Å². The normalized spacial score (nSPS) is 13.9. The van der Waals surface area contributed by atoms with Gasteiger partial charge in [-0.2, -0.15) is 0 Å². The van der Waals surface area contributed by atoms with Gasteiger partial charge in [0.05, 0.1) is 35.4 Å². The van der Waals surface area contributed by atoms with Gasteiger partial charge in [-0.3, -0.25) is 9.69 Å². The van der Waals surface area contributed by atoms with Crippen molar-refractivity contribution in [2.24, 2.45) is 0 Å². The van der Waals surface area contributed by atoms with E-state index >= 15 is 0 Å². The molecule has 1 aliphatic rings. The molecule has 0 bridgehead atoms. The van der Waals surface area contributed by atoms with Gasteiger partial charge in [0.1, 0.15) is 23.8 Å². The first kappa shape index (κ1) is 30.8. The van der Waals surface area contributed by atoms with Gasteiger partial charge in [0, 0.05) is 18.2 Å². The largest absolute Gasteiger partial charge is 0.496 e. The molecule has 0 saturated carbocycles. The maximum absolute atomic E-state index is 13.2. The highest BCUT2D eigenvalue weighted by Gasteiger charge is 2.30. The highest BCUT2D eigenvalue weighted by Crippen LogP contribution is 2.35. The summed E-state index contributed by atoms with van der Waals surface area (Å²) in [4.78, 5) is 14.8. The van der Waals surface area contributed by atoms with Crippen LogP contribution < -0.4 is 24.3 Å². The lowest BCUT2D eigenvalue weighted by Gasteiger charge is -2.16. The monoisotopic (exact) mass is 634 g/mol. The van der Waals surface area contributed by atoms with Crippen LogP contribution >= 0.6 is 47.0 Å². The van der Waals surface area contributed by atoms with Crippen LogP contribution in [0.2, 0.25) is 15.1 Å². The summed E-state index contributed by atoms with van der Waals surface area (Å²) in [5.41, 5.74) is 2.89. The Hall–Kier alpha value is -3.17. The molecule has 0 unspecified atom stereocenters. The maximum Gasteiger partial charge on any atom is 0.276 e. The Morgan fingerprint density at radius 3 is 2.29 bits per heavy atom. The molecule has 41 heavy (non-hydrogen) atoms. The van der Waals surface area contributed by atoms with Gasteiger partial charge >= 0.3 is 0 Å². The fourth-order valence-electron chi connectivity index (χ4n) is 4.20. The predicted octanol–water partition coefficient (Wildman–Crippen LogP) is 7.33. The first-order valence-corrected chi connectivity index (χ1v) is 14.5. The molecular formula is C30H29Cl3N2O5S. The van der Waals surface area contributed by atoms with Crippen molar-refractivity contribution in [3.05, 3.63) is 86.0 Å². The van der Waals surface area contributed by atoms with E-state index in [2.05, 4.69) is 5.32 Å². The minimum atomic E-state index is -0.206. The van der Waals surface area contributed by atoms with Crippen molar-refractivity contribution >= 4 is 64.1 Å². The van der Waals surface area contributed by atoms with Gasteiger partial charge < -0.3 is 24.3 Å². The number of nitrogens with zero attached hydrogens (tertiary/aromatic N) is 1. The molecule has 0 aliphatic carbocycles. The molecule has 216 valence electrons. The molecule has 0 aromatic heterocycles. The SMILES string of the molecule is CCOc1ccc(CCN2C(=O)/C(=C\c3ccc(OC)c(COc4cc(Cl)c(Cl)cc4Cl)c3)NC2=S)cc1OCC. The van der Waals surface area contributed by atoms with E-state index in [0.717, 1.165) is 16.7 Å². The lowest BCUT2D eigenvalue weighted by molar-refractivity contribution is -0.122. The number of nitrogens with one attached hydrogen (secondary N) is 1. The Balaban J connectivity index is 1.46. The highest BCUT2D eigenvalue weighted by atomic mass is 35.5. The minimum absolute atomic E-state index is 0.148. The van der Waals surface area contributed by atoms with Crippen LogP contribution in [0.1, 0.15) is 30.5 Å². The first-order valence-electron chi connectivity index (χ1n) is 12.9. The molecule has 7 nitrogen and oxygen atoms in total. The third kappa shape index (κ3) is 7.57. The van der Waals surface area contributed by atoms with E-state index in [4.69, 9.17) is 66.0 Å². The molecule has 1 saturated heterocycles. The molecule has 0 atom stereocenters. The summed E-state index contributed by atoms with van der Waals surface area (Å²) < 4.78 is 22.8. The second-order valence-corrected chi connectivity index (χ2v) is 10.5. The molecule has 1 N–H and O–H groups in total. The molecule has 0 radical (unpaired) electrons. The summed E-state index contributed by atoms with van der Waals surface area (Å²) >= 11 is 23.9. The van der Waals surface area contributed by atoms with E-state index < -0.39 is 0 Å². The third-order valence-corrected chi connectivity index (χ3v) is 7.51. The molecule has 1 aliphatic heterocycles. The lowest BCUT2D eigenvalue weighted by Crippen LogP contribution is -2.32. The summed E-state index contributed by atoms with van der Waals surface area (Å²) in [5, 5.41) is 4.40. The summed E-state index contributed by atoms with van der Waals surface area (Å²) in [6.45, 7) is 5.48. The molecule has 3 aromatic carbocycles. The van der Waals surface area contributed by atoms with Gasteiger partial charge in [-0.15, -0.1) is 0 Å². The number of thiocarbonyl (C=S) groups is 1. The number of hydrogen-bond acceptors (Lipinski definition) is 6. The molecule has 1 amide bonds. The van der Waals surface area contributed by atoms with Crippen LogP contribution in [0.5, 0.6) is 23.0 Å². The molecule has 1 fully saturated rings. The number of methoxy groups -OCH3 is 1. The van der Waals surface area contributed by atoms with Crippen molar-refractivity contribution in [2.75, 3.05) is 26.9 Å². The van der Waals surface area contributed by atoms with E-state index in [0.29, 0.717) is 75.1 Å². The quantitative estimate of drug-likeness (QED) is 0.127. The molecule has 4 rings (SSSR count). The third-order valence-electron chi connectivity index (χ3n) is 6.17. The smallest absolute Gasteiger partial charge is 0.276 e. The second kappa shape index (κ2) is 14.1. The van der Waals surface area contributed by atoms with Crippen molar-refractivity contribution in [2.45, 2.75) is 26.9 Å². The number of carbonyl (C=O) groups excluding carboxylic acids is 1. The summed E-state index contributed by atoms with van der Waals surface area (Å²) in [5.74, 6) is 2.18. The lowest BCUT2D eigenvalue weighted by atomic mass is 10.1. The maximum atomic E-state index is 13.2. The van der Waals surface area contributed by atoms with Crippen LogP contribution in [0.4, 0.5) is 0 Å². The van der Waals surface area contributed by atoms with Crippen molar-refractivity contribution in [1.29, 1.82) is 0 Å². The van der Waals surface area contributed by atoms with Gasteiger partial charge in [-0.1, -0.05) is 46.9 Å². The predicted molar refractivity (Wildman–Crippen MR) is 167 cm³/mol. The zero-order chi connectivity index (χ0) is 29.5. The van der Waals surface area contributed by atoms with Crippen molar-refractivity contribution in [1.82, 2.24) is 10.2 Å². The van der Waals surface area contributed by atoms with E-state index in [9.17, 15) is 4.79 Å². The zero-order valence-electron chi connectivity index (χ0n) is 22.8. The second-order valence-electron chi connectivity index (χ2n) is 8.90. The van der Waals surface area contributed by atoms with Gasteiger partial charge in [0.25, 0.3) is 5.91 Å². The van der Waals surface area contributed by atoms with Crippen LogP contribution in [-0.4, -0.2) is 42.8 Å². The minimum Gasteiger partial charge on any atom is -0.496 e. The number of rotatable bonds is 12.